The highest BCUT2D eigenvalue weighted by Gasteiger charge is 2.24. The molecule has 1 atom stereocenters. The summed E-state index contributed by atoms with van der Waals surface area (Å²) in [5.41, 5.74) is 5.66. The molecule has 0 amide bonds. The summed E-state index contributed by atoms with van der Waals surface area (Å²) < 4.78 is 13.1. The van der Waals surface area contributed by atoms with Gasteiger partial charge in [0.05, 0.1) is 24.8 Å². The Labute approximate surface area is 203 Å². The minimum atomic E-state index is -0.611. The van der Waals surface area contributed by atoms with Crippen LogP contribution in [0.25, 0.3) is 16.7 Å². The Hall–Kier alpha value is -2.61. The third-order valence-corrected chi connectivity index (χ3v) is 6.83. The molecule has 3 heterocycles. The van der Waals surface area contributed by atoms with Gasteiger partial charge in [0.1, 0.15) is 11.6 Å². The molecule has 1 aliphatic heterocycles. The molecule has 0 saturated carbocycles. The smallest absolute Gasteiger partial charge is 0.438 e. The van der Waals surface area contributed by atoms with Crippen molar-refractivity contribution in [2.45, 2.75) is 47.0 Å². The van der Waals surface area contributed by atoms with Crippen molar-refractivity contribution in [3.8, 4) is 5.69 Å². The highest BCUT2D eigenvalue weighted by atomic mass is 79.9. The van der Waals surface area contributed by atoms with Gasteiger partial charge in [-0.1, -0.05) is 15.9 Å². The summed E-state index contributed by atoms with van der Waals surface area (Å²) in [6, 6.07) is 4.29. The number of methoxy groups -OCH3 is 1. The molecule has 1 fully saturated rings. The van der Waals surface area contributed by atoms with E-state index < -0.39 is 6.16 Å². The first-order valence-electron chi connectivity index (χ1n) is 11.4. The minimum Gasteiger partial charge on any atom is -0.438 e. The number of ether oxygens (including phenoxy) is 2. The molecular formula is C25H31BrN4O3. The van der Waals surface area contributed by atoms with Crippen molar-refractivity contribution >= 4 is 38.9 Å². The summed E-state index contributed by atoms with van der Waals surface area (Å²) in [6.45, 7) is 10.5. The zero-order valence-electron chi connectivity index (χ0n) is 19.9. The van der Waals surface area contributed by atoms with Gasteiger partial charge in [0.25, 0.3) is 0 Å². The number of fused-ring (bicyclic) bond motifs is 1. The predicted octanol–water partition coefficient (Wildman–Crippen LogP) is 5.81. The van der Waals surface area contributed by atoms with E-state index >= 15 is 0 Å². The third kappa shape index (κ3) is 4.86. The summed E-state index contributed by atoms with van der Waals surface area (Å²) in [4.78, 5) is 23.5. The molecule has 0 radical (unpaired) electrons. The molecule has 0 N–H and O–H groups in total. The van der Waals surface area contributed by atoms with Crippen molar-refractivity contribution in [3.63, 3.8) is 0 Å². The van der Waals surface area contributed by atoms with Crippen molar-refractivity contribution in [2.24, 2.45) is 5.92 Å². The van der Waals surface area contributed by atoms with Crippen LogP contribution < -0.4 is 4.90 Å². The monoisotopic (exact) mass is 514 g/mol. The number of nitrogens with zero attached hydrogens (tertiary/aromatic N) is 4. The first kappa shape index (κ1) is 23.5. The van der Waals surface area contributed by atoms with Crippen LogP contribution >= 0.6 is 15.9 Å². The lowest BCUT2D eigenvalue weighted by Crippen LogP contribution is -2.26. The Bertz CT molecular complexity index is 1170. The van der Waals surface area contributed by atoms with E-state index in [2.05, 4.69) is 69.2 Å². The van der Waals surface area contributed by atoms with Gasteiger partial charge in [-0.25, -0.2) is 14.8 Å². The van der Waals surface area contributed by atoms with Gasteiger partial charge in [-0.05, 0) is 81.7 Å². The highest BCUT2D eigenvalue weighted by Crippen LogP contribution is 2.34. The molecule has 0 bridgehead atoms. The third-order valence-electron chi connectivity index (χ3n) is 6.38. The fourth-order valence-corrected chi connectivity index (χ4v) is 5.55. The summed E-state index contributed by atoms with van der Waals surface area (Å²) in [5, 5.41) is 1.10. The van der Waals surface area contributed by atoms with Gasteiger partial charge in [0.15, 0.2) is 5.65 Å². The molecule has 7 nitrogen and oxygen atoms in total. The van der Waals surface area contributed by atoms with Gasteiger partial charge in [-0.3, -0.25) is 0 Å². The van der Waals surface area contributed by atoms with Crippen molar-refractivity contribution < 1.29 is 14.3 Å². The number of hydrogen-bond donors (Lipinski definition) is 0. The lowest BCUT2D eigenvalue weighted by atomic mass is 10.0. The van der Waals surface area contributed by atoms with Crippen LogP contribution in [0.2, 0.25) is 0 Å². The number of carbonyl (C=O) groups is 1. The summed E-state index contributed by atoms with van der Waals surface area (Å²) in [5.74, 6) is 2.08. The van der Waals surface area contributed by atoms with Crippen LogP contribution in [0.3, 0.4) is 0 Å². The first-order chi connectivity index (χ1) is 15.8. The van der Waals surface area contributed by atoms with E-state index in [9.17, 15) is 4.79 Å². The lowest BCUT2D eigenvalue weighted by molar-refractivity contribution is 0.0583. The van der Waals surface area contributed by atoms with Crippen LogP contribution in [0.4, 0.5) is 10.6 Å². The molecule has 0 aliphatic carbocycles. The van der Waals surface area contributed by atoms with Gasteiger partial charge in [-0.15, -0.1) is 0 Å². The Kier molecular flexibility index (Phi) is 6.93. The number of anilines is 1. The van der Waals surface area contributed by atoms with Crippen LogP contribution in [-0.2, 0) is 9.47 Å². The van der Waals surface area contributed by atoms with E-state index in [0.717, 1.165) is 70.8 Å². The summed E-state index contributed by atoms with van der Waals surface area (Å²) in [7, 11) is 1.34. The Morgan fingerprint density at radius 1 is 1.09 bits per heavy atom. The van der Waals surface area contributed by atoms with E-state index in [4.69, 9.17) is 14.7 Å². The SMILES string of the molecule is COC(=O)OCC1CCCN(c2nc(C)nc3c2c(C)cn3-c2c(C)cc(Br)cc2C)CC1. The molecule has 2 aromatic heterocycles. The second-order valence-corrected chi connectivity index (χ2v) is 9.83. The molecule has 176 valence electrons. The second-order valence-electron chi connectivity index (χ2n) is 8.91. The zero-order chi connectivity index (χ0) is 23.7. The van der Waals surface area contributed by atoms with Crippen LogP contribution in [0.5, 0.6) is 0 Å². The Morgan fingerprint density at radius 3 is 2.52 bits per heavy atom. The Balaban J connectivity index is 1.70. The van der Waals surface area contributed by atoms with E-state index in [1.54, 1.807) is 0 Å². The molecular weight excluding hydrogens is 484 g/mol. The maximum atomic E-state index is 11.4. The van der Waals surface area contributed by atoms with Crippen molar-refractivity contribution in [3.05, 3.63) is 45.3 Å². The molecule has 0 spiro atoms. The minimum absolute atomic E-state index is 0.325. The predicted molar refractivity (Wildman–Crippen MR) is 133 cm³/mol. The molecule has 3 aromatic rings. The van der Waals surface area contributed by atoms with Crippen molar-refractivity contribution in [2.75, 3.05) is 31.7 Å². The molecule has 8 heteroatoms. The summed E-state index contributed by atoms with van der Waals surface area (Å²) in [6.07, 6.45) is 4.53. The average Bonchev–Trinajstić information content (AvgIpc) is 2.93. The van der Waals surface area contributed by atoms with Gasteiger partial charge >= 0.3 is 6.16 Å². The van der Waals surface area contributed by atoms with Gasteiger partial charge in [-0.2, -0.15) is 0 Å². The fourth-order valence-electron chi connectivity index (χ4n) is 4.86. The topological polar surface area (TPSA) is 69.5 Å². The number of rotatable bonds is 4. The van der Waals surface area contributed by atoms with Gasteiger partial charge < -0.3 is 18.9 Å². The number of halogens is 1. The first-order valence-corrected chi connectivity index (χ1v) is 12.2. The van der Waals surface area contributed by atoms with E-state index in [0.29, 0.717) is 12.5 Å². The highest BCUT2D eigenvalue weighted by molar-refractivity contribution is 9.10. The number of aromatic nitrogens is 3. The van der Waals surface area contributed by atoms with Crippen molar-refractivity contribution in [1.29, 1.82) is 0 Å². The van der Waals surface area contributed by atoms with Crippen LogP contribution in [0.1, 0.15) is 41.8 Å². The average molecular weight is 515 g/mol. The number of benzene rings is 1. The quantitative estimate of drug-likeness (QED) is 0.409. The molecule has 1 aromatic carbocycles. The van der Waals surface area contributed by atoms with Crippen LogP contribution in [0, 0.1) is 33.6 Å². The maximum absolute atomic E-state index is 11.4. The van der Waals surface area contributed by atoms with Crippen LogP contribution in [-0.4, -0.2) is 47.5 Å². The zero-order valence-corrected chi connectivity index (χ0v) is 21.5. The fraction of sp³-hybridized carbons (Fsp3) is 0.480. The van der Waals surface area contributed by atoms with E-state index in [1.165, 1.54) is 18.2 Å². The number of carbonyl (C=O) groups excluding carboxylic acids is 1. The summed E-state index contributed by atoms with van der Waals surface area (Å²) >= 11 is 3.61. The normalized spacial score (nSPS) is 16.7. The van der Waals surface area contributed by atoms with Gasteiger partial charge in [0.2, 0.25) is 0 Å². The largest absolute Gasteiger partial charge is 0.507 e. The molecule has 33 heavy (non-hydrogen) atoms. The molecule has 4 rings (SSSR count). The number of hydrogen-bond acceptors (Lipinski definition) is 6. The number of aryl methyl sites for hydroxylation is 4. The maximum Gasteiger partial charge on any atom is 0.507 e. The van der Waals surface area contributed by atoms with Gasteiger partial charge in [0, 0.05) is 23.8 Å². The standard InChI is InChI=1S/C25H31BrN4O3/c1-15-11-20(26)12-16(2)22(15)30-13-17(3)21-23(27-18(4)28-24(21)30)29-9-6-7-19(8-10-29)14-33-25(31)32-5/h11-13,19H,6-10,14H2,1-5H3. The Morgan fingerprint density at radius 2 is 1.82 bits per heavy atom. The van der Waals surface area contributed by atoms with Crippen molar-refractivity contribution in [1.82, 2.24) is 14.5 Å². The van der Waals surface area contributed by atoms with E-state index in [1.807, 2.05) is 6.92 Å². The molecule has 1 aliphatic rings. The second kappa shape index (κ2) is 9.71. The van der Waals surface area contributed by atoms with E-state index in [-0.39, 0.29) is 0 Å². The lowest BCUT2D eigenvalue weighted by Gasteiger charge is -2.23. The molecule has 1 unspecified atom stereocenters. The molecule has 1 saturated heterocycles. The van der Waals surface area contributed by atoms with Crippen LogP contribution in [0.15, 0.2) is 22.8 Å².